The van der Waals surface area contributed by atoms with Gasteiger partial charge in [0.1, 0.15) is 0 Å². The molecule has 0 saturated carbocycles. The Morgan fingerprint density at radius 2 is 1.80 bits per heavy atom. The van der Waals surface area contributed by atoms with E-state index in [9.17, 15) is 10.1 Å². The molecule has 1 aliphatic rings. The molecule has 1 saturated heterocycles. The minimum absolute atomic E-state index is 0.148. The maximum Gasteiger partial charge on any atom is 0.264 e. The molecule has 1 aromatic heterocycles. The molecule has 1 fully saturated rings. The van der Waals surface area contributed by atoms with Gasteiger partial charge in [0.25, 0.3) is 5.91 Å². The van der Waals surface area contributed by atoms with Gasteiger partial charge >= 0.3 is 0 Å². The van der Waals surface area contributed by atoms with Crippen molar-refractivity contribution >= 4 is 45.5 Å². The van der Waals surface area contributed by atoms with Gasteiger partial charge in [-0.2, -0.15) is 5.26 Å². The molecule has 1 N–H and O–H groups in total. The minimum Gasteiger partial charge on any atom is -0.340 e. The summed E-state index contributed by atoms with van der Waals surface area (Å²) in [6.07, 6.45) is 2.93. The predicted molar refractivity (Wildman–Crippen MR) is 144 cm³/mol. The first-order valence-corrected chi connectivity index (χ1v) is 12.3. The van der Waals surface area contributed by atoms with E-state index in [1.165, 1.54) is 17.3 Å². The van der Waals surface area contributed by atoms with Gasteiger partial charge in [-0.15, -0.1) is 0 Å². The highest BCUT2D eigenvalue weighted by atomic mass is 32.2. The summed E-state index contributed by atoms with van der Waals surface area (Å²) in [5.74, 6) is -0.148. The molecule has 0 atom stereocenters. The molecular formula is C29H24N4OS. The van der Waals surface area contributed by atoms with Crippen LogP contribution in [0.2, 0.25) is 0 Å². The summed E-state index contributed by atoms with van der Waals surface area (Å²) in [5.41, 5.74) is 6.81. The number of para-hydroxylation sites is 1. The first kappa shape index (κ1) is 22.7. The Labute approximate surface area is 208 Å². The molecule has 0 bridgehead atoms. The van der Waals surface area contributed by atoms with Crippen molar-refractivity contribution in [2.75, 3.05) is 0 Å². The second-order valence-corrected chi connectivity index (χ2v) is 9.40. The van der Waals surface area contributed by atoms with Gasteiger partial charge in [-0.3, -0.25) is 4.79 Å². The van der Waals surface area contributed by atoms with Crippen LogP contribution in [-0.4, -0.2) is 15.6 Å². The molecule has 172 valence electrons. The average Bonchev–Trinajstić information content (AvgIpc) is 3.36. The number of carbonyl (C=O) groups excluding carboxylic acids is 1. The van der Waals surface area contributed by atoms with Crippen LogP contribution in [0.5, 0.6) is 0 Å². The van der Waals surface area contributed by atoms with Crippen molar-refractivity contribution in [2.24, 2.45) is 4.99 Å². The maximum absolute atomic E-state index is 12.8. The Balaban J connectivity index is 1.51. The lowest BCUT2D eigenvalue weighted by Crippen LogP contribution is -2.19. The Morgan fingerprint density at radius 1 is 1.06 bits per heavy atom. The Bertz CT molecular complexity index is 1540. The summed E-state index contributed by atoms with van der Waals surface area (Å²) in [6.45, 7) is 4.76. The molecule has 3 aromatic carbocycles. The molecule has 35 heavy (non-hydrogen) atoms. The number of nitriles is 1. The summed E-state index contributed by atoms with van der Waals surface area (Å²) >= 11 is 1.35. The number of nitrogens with one attached hydrogen (secondary N) is 1. The van der Waals surface area contributed by atoms with Crippen LogP contribution < -0.4 is 5.32 Å². The van der Waals surface area contributed by atoms with Gasteiger partial charge in [-0.1, -0.05) is 55.5 Å². The molecule has 0 radical (unpaired) electrons. The van der Waals surface area contributed by atoms with Crippen molar-refractivity contribution < 1.29 is 4.79 Å². The van der Waals surface area contributed by atoms with Crippen LogP contribution in [-0.2, 0) is 17.8 Å². The van der Waals surface area contributed by atoms with Crippen molar-refractivity contribution in [3.05, 3.63) is 106 Å². The first-order valence-electron chi connectivity index (χ1n) is 11.5. The molecule has 6 heteroatoms. The quantitative estimate of drug-likeness (QED) is 0.343. The number of amidine groups is 1. The number of amides is 1. The summed E-state index contributed by atoms with van der Waals surface area (Å²) in [5, 5.41) is 14.1. The number of hydrogen-bond acceptors (Lipinski definition) is 4. The van der Waals surface area contributed by atoms with Crippen molar-refractivity contribution in [3.8, 4) is 6.07 Å². The molecule has 0 aliphatic carbocycles. The fraction of sp³-hybridized carbons (Fsp3) is 0.138. The second-order valence-electron chi connectivity index (χ2n) is 8.37. The number of aliphatic imine (C=N–C) groups is 1. The van der Waals surface area contributed by atoms with Crippen molar-refractivity contribution in [1.82, 2.24) is 9.88 Å². The van der Waals surface area contributed by atoms with E-state index in [2.05, 4.69) is 59.1 Å². The number of aromatic nitrogens is 1. The van der Waals surface area contributed by atoms with E-state index in [-0.39, 0.29) is 5.91 Å². The number of carbonyl (C=O) groups is 1. The molecule has 4 aromatic rings. The third-order valence-corrected chi connectivity index (χ3v) is 7.16. The zero-order valence-corrected chi connectivity index (χ0v) is 20.4. The summed E-state index contributed by atoms with van der Waals surface area (Å²) in [7, 11) is 0. The molecule has 5 nitrogen and oxygen atoms in total. The highest BCUT2D eigenvalue weighted by Crippen LogP contribution is 2.33. The van der Waals surface area contributed by atoms with Gasteiger partial charge in [-0.25, -0.2) is 4.99 Å². The van der Waals surface area contributed by atoms with Gasteiger partial charge in [0.2, 0.25) is 0 Å². The maximum atomic E-state index is 12.8. The van der Waals surface area contributed by atoms with E-state index >= 15 is 0 Å². The number of thioether (sulfide) groups is 1. The van der Waals surface area contributed by atoms with E-state index in [1.807, 2.05) is 54.6 Å². The van der Waals surface area contributed by atoms with Gasteiger partial charge in [0, 0.05) is 28.7 Å². The Morgan fingerprint density at radius 3 is 2.57 bits per heavy atom. The zero-order chi connectivity index (χ0) is 24.4. The minimum atomic E-state index is -0.148. The van der Waals surface area contributed by atoms with E-state index in [1.54, 1.807) is 0 Å². The van der Waals surface area contributed by atoms with E-state index in [0.29, 0.717) is 22.2 Å². The number of rotatable bonds is 5. The van der Waals surface area contributed by atoms with Crippen molar-refractivity contribution in [3.63, 3.8) is 0 Å². The number of fused-ring (bicyclic) bond motifs is 1. The zero-order valence-electron chi connectivity index (χ0n) is 19.6. The van der Waals surface area contributed by atoms with Gasteiger partial charge < -0.3 is 9.88 Å². The fourth-order valence-corrected chi connectivity index (χ4v) is 5.14. The van der Waals surface area contributed by atoms with Crippen molar-refractivity contribution in [2.45, 2.75) is 26.8 Å². The molecule has 0 spiro atoms. The second kappa shape index (κ2) is 9.65. The normalized spacial score (nSPS) is 15.6. The highest BCUT2D eigenvalue weighted by molar-refractivity contribution is 8.18. The van der Waals surface area contributed by atoms with Crippen LogP contribution in [0.3, 0.4) is 0 Å². The highest BCUT2D eigenvalue weighted by Gasteiger charge is 2.25. The van der Waals surface area contributed by atoms with Crippen LogP contribution >= 0.6 is 11.8 Å². The lowest BCUT2D eigenvalue weighted by atomic mass is 10.1. The Hall–Kier alpha value is -4.08. The van der Waals surface area contributed by atoms with Crippen LogP contribution in [0.4, 0.5) is 5.69 Å². The van der Waals surface area contributed by atoms with E-state index in [4.69, 9.17) is 0 Å². The largest absolute Gasteiger partial charge is 0.340 e. The third kappa shape index (κ3) is 4.51. The molecule has 0 unspecified atom stereocenters. The monoisotopic (exact) mass is 476 g/mol. The molecule has 1 aliphatic heterocycles. The van der Waals surface area contributed by atoms with Gasteiger partial charge in [-0.05, 0) is 66.6 Å². The molecule has 1 amide bonds. The topological polar surface area (TPSA) is 70.2 Å². The van der Waals surface area contributed by atoms with Crippen LogP contribution in [0, 0.1) is 18.3 Å². The molecule has 2 heterocycles. The lowest BCUT2D eigenvalue weighted by Gasteiger charge is -2.10. The molecular weight excluding hydrogens is 452 g/mol. The van der Waals surface area contributed by atoms with Crippen LogP contribution in [0.25, 0.3) is 17.0 Å². The standard InChI is InChI=1S/C29H24N4OS/c1-3-20-12-14-23(15-13-20)31-29-32-28(34)27(35-29)16-25-19(2)33(26-11-7-6-10-24(25)26)18-22-9-5-4-8-21(22)17-30/h4-16H,3,18H2,1-2H3,(H,31,32,34)/b27-16-. The number of benzene rings is 3. The Kier molecular flexibility index (Phi) is 6.26. The molecule has 5 rings (SSSR count). The summed E-state index contributed by atoms with van der Waals surface area (Å²) in [4.78, 5) is 18.0. The lowest BCUT2D eigenvalue weighted by molar-refractivity contribution is -0.115. The summed E-state index contributed by atoms with van der Waals surface area (Å²) in [6, 6.07) is 26.2. The van der Waals surface area contributed by atoms with Gasteiger partial charge in [0.15, 0.2) is 5.17 Å². The fourth-order valence-electron chi connectivity index (χ4n) is 4.32. The van der Waals surface area contributed by atoms with Crippen molar-refractivity contribution in [1.29, 1.82) is 5.26 Å². The number of aryl methyl sites for hydroxylation is 1. The van der Waals surface area contributed by atoms with E-state index < -0.39 is 0 Å². The SMILES string of the molecule is CCc1ccc(N=C2NC(=O)/C(=C/c3c(C)n(Cc4ccccc4C#N)c4ccccc34)S2)cc1. The number of nitrogens with zero attached hydrogens (tertiary/aromatic N) is 3. The van der Waals surface area contributed by atoms with E-state index in [0.717, 1.165) is 39.8 Å². The average molecular weight is 477 g/mol. The van der Waals surface area contributed by atoms with Crippen LogP contribution in [0.1, 0.15) is 34.9 Å². The third-order valence-electron chi connectivity index (χ3n) is 6.25. The van der Waals surface area contributed by atoms with Gasteiger partial charge in [0.05, 0.1) is 22.2 Å². The predicted octanol–water partition coefficient (Wildman–Crippen LogP) is 6.32. The van der Waals surface area contributed by atoms with Crippen LogP contribution in [0.15, 0.2) is 82.7 Å². The first-order chi connectivity index (χ1) is 17.1. The number of hydrogen-bond donors (Lipinski definition) is 1. The summed E-state index contributed by atoms with van der Waals surface area (Å²) < 4.78 is 2.21. The smallest absolute Gasteiger partial charge is 0.264 e.